The fraction of sp³-hybridized carbons (Fsp3) is 0.455. The van der Waals surface area contributed by atoms with Gasteiger partial charge in [-0.3, -0.25) is 14.3 Å². The van der Waals surface area contributed by atoms with E-state index >= 15 is 0 Å². The molecule has 2 aromatic rings. The van der Waals surface area contributed by atoms with Crippen LogP contribution in [0.1, 0.15) is 55.7 Å². The van der Waals surface area contributed by atoms with Crippen LogP contribution in [0.2, 0.25) is 5.02 Å². The Morgan fingerprint density at radius 2 is 1.94 bits per heavy atom. The third-order valence-electron chi connectivity index (χ3n) is 5.47. The van der Waals surface area contributed by atoms with Crippen molar-refractivity contribution in [3.05, 3.63) is 40.3 Å². The zero-order valence-electron chi connectivity index (χ0n) is 18.6. The van der Waals surface area contributed by atoms with E-state index in [0.29, 0.717) is 11.3 Å². The van der Waals surface area contributed by atoms with Crippen LogP contribution in [0.15, 0.2) is 18.2 Å². The first-order valence-corrected chi connectivity index (χ1v) is 11.1. The second-order valence-electron chi connectivity index (χ2n) is 9.47. The fourth-order valence-corrected chi connectivity index (χ4v) is 3.97. The number of halogens is 2. The Morgan fingerprint density at radius 3 is 2.52 bits per heavy atom. The third kappa shape index (κ3) is 4.80. The number of amides is 4. The lowest BCUT2D eigenvalue weighted by Crippen LogP contribution is -2.53. The van der Waals surface area contributed by atoms with Crippen molar-refractivity contribution in [2.24, 2.45) is 5.73 Å². The normalized spacial score (nSPS) is 18.0. The van der Waals surface area contributed by atoms with E-state index in [0.717, 1.165) is 12.8 Å². The summed E-state index contributed by atoms with van der Waals surface area (Å²) in [6, 6.07) is 2.82. The van der Waals surface area contributed by atoms with Crippen molar-refractivity contribution >= 4 is 29.4 Å². The Kier molecular flexibility index (Phi) is 5.81. The van der Waals surface area contributed by atoms with E-state index in [1.807, 2.05) is 20.8 Å². The number of nitrogens with two attached hydrogens (primary N) is 1. The standard InChI is InChI=1S/C22H26ClFN6O3/c1-22(2,3)27-21(33)29-9-15-17(19(25)31)18(11-4-7-14(24)13(23)8-11)28-30(15)16(10-29)20(32)26-12-5-6-12/h4,7-8,12,16H,5-6,9-10H2,1-3H3,(H2,25,31)(H,26,32)(H,27,33). The molecule has 1 aromatic heterocycles. The van der Waals surface area contributed by atoms with Gasteiger partial charge in [0.05, 0.1) is 29.4 Å². The second kappa shape index (κ2) is 8.33. The van der Waals surface area contributed by atoms with Gasteiger partial charge < -0.3 is 21.3 Å². The van der Waals surface area contributed by atoms with Crippen molar-refractivity contribution in [1.82, 2.24) is 25.3 Å². The number of rotatable bonds is 4. The number of fused-ring (bicyclic) bond motifs is 1. The van der Waals surface area contributed by atoms with E-state index in [1.54, 1.807) is 0 Å². The number of carbonyl (C=O) groups excluding carboxylic acids is 3. The molecule has 9 nitrogen and oxygen atoms in total. The van der Waals surface area contributed by atoms with Crippen LogP contribution in [-0.4, -0.2) is 50.7 Å². The number of nitrogens with zero attached hydrogens (tertiary/aromatic N) is 3. The molecule has 4 rings (SSSR count). The monoisotopic (exact) mass is 476 g/mol. The molecule has 1 unspecified atom stereocenters. The van der Waals surface area contributed by atoms with E-state index in [4.69, 9.17) is 17.3 Å². The van der Waals surface area contributed by atoms with Gasteiger partial charge in [-0.2, -0.15) is 5.10 Å². The number of hydrogen-bond acceptors (Lipinski definition) is 4. The molecule has 4 N–H and O–H groups in total. The van der Waals surface area contributed by atoms with Crippen LogP contribution >= 0.6 is 11.6 Å². The van der Waals surface area contributed by atoms with Crippen molar-refractivity contribution in [2.45, 2.75) is 57.8 Å². The minimum atomic E-state index is -0.858. The molecule has 1 fully saturated rings. The Labute approximate surface area is 195 Å². The Bertz CT molecular complexity index is 1140. The predicted molar refractivity (Wildman–Crippen MR) is 120 cm³/mol. The van der Waals surface area contributed by atoms with Crippen LogP contribution in [-0.2, 0) is 11.3 Å². The molecule has 2 aliphatic rings. The summed E-state index contributed by atoms with van der Waals surface area (Å²) in [5.74, 6) is -1.68. The highest BCUT2D eigenvalue weighted by Gasteiger charge is 2.39. The molecule has 1 aromatic carbocycles. The Balaban J connectivity index is 1.80. The summed E-state index contributed by atoms with van der Waals surface area (Å²) in [4.78, 5) is 40.0. The molecule has 1 aliphatic heterocycles. The van der Waals surface area contributed by atoms with Crippen LogP contribution in [0.3, 0.4) is 0 Å². The lowest BCUT2D eigenvalue weighted by molar-refractivity contribution is -0.125. The van der Waals surface area contributed by atoms with Gasteiger partial charge in [-0.25, -0.2) is 9.18 Å². The highest BCUT2D eigenvalue weighted by Crippen LogP contribution is 2.34. The van der Waals surface area contributed by atoms with Crippen LogP contribution in [0.25, 0.3) is 11.3 Å². The quantitative estimate of drug-likeness (QED) is 0.627. The average Bonchev–Trinajstić information content (AvgIpc) is 3.43. The largest absolute Gasteiger partial charge is 0.365 e. The molecule has 0 spiro atoms. The first-order valence-electron chi connectivity index (χ1n) is 10.7. The highest BCUT2D eigenvalue weighted by molar-refractivity contribution is 6.31. The Morgan fingerprint density at radius 1 is 1.24 bits per heavy atom. The van der Waals surface area contributed by atoms with Gasteiger partial charge in [-0.15, -0.1) is 0 Å². The average molecular weight is 477 g/mol. The molecule has 0 radical (unpaired) electrons. The van der Waals surface area contributed by atoms with E-state index in [1.165, 1.54) is 27.8 Å². The van der Waals surface area contributed by atoms with Crippen molar-refractivity contribution in [3.63, 3.8) is 0 Å². The highest BCUT2D eigenvalue weighted by atomic mass is 35.5. The van der Waals surface area contributed by atoms with Crippen molar-refractivity contribution in [3.8, 4) is 11.3 Å². The van der Waals surface area contributed by atoms with Gasteiger partial charge in [0.2, 0.25) is 5.91 Å². The maximum absolute atomic E-state index is 13.7. The van der Waals surface area contributed by atoms with Gasteiger partial charge >= 0.3 is 6.03 Å². The van der Waals surface area contributed by atoms with Crippen LogP contribution < -0.4 is 16.4 Å². The lowest BCUT2D eigenvalue weighted by atomic mass is 10.0. The molecule has 2 heterocycles. The zero-order valence-corrected chi connectivity index (χ0v) is 19.4. The summed E-state index contributed by atoms with van der Waals surface area (Å²) in [7, 11) is 0. The molecular formula is C22H26ClFN6O3. The summed E-state index contributed by atoms with van der Waals surface area (Å²) >= 11 is 5.94. The van der Waals surface area contributed by atoms with E-state index in [-0.39, 0.29) is 47.3 Å². The molecule has 33 heavy (non-hydrogen) atoms. The van der Waals surface area contributed by atoms with Gasteiger partial charge in [0.15, 0.2) is 0 Å². The van der Waals surface area contributed by atoms with E-state index in [2.05, 4.69) is 15.7 Å². The second-order valence-corrected chi connectivity index (χ2v) is 9.87. The molecule has 1 atom stereocenters. The summed E-state index contributed by atoms with van der Waals surface area (Å²) in [5.41, 5.74) is 6.17. The number of nitrogens with one attached hydrogen (secondary N) is 2. The van der Waals surface area contributed by atoms with Gasteiger partial charge in [0, 0.05) is 17.1 Å². The molecule has 1 saturated carbocycles. The zero-order chi connectivity index (χ0) is 24.1. The number of hydrogen-bond donors (Lipinski definition) is 3. The molecule has 1 aliphatic carbocycles. The van der Waals surface area contributed by atoms with Crippen LogP contribution in [0.5, 0.6) is 0 Å². The molecule has 4 amide bonds. The van der Waals surface area contributed by atoms with E-state index in [9.17, 15) is 18.8 Å². The predicted octanol–water partition coefficient (Wildman–Crippen LogP) is 2.58. The summed E-state index contributed by atoms with van der Waals surface area (Å²) in [6.45, 7) is 5.64. The van der Waals surface area contributed by atoms with Gasteiger partial charge in [0.25, 0.3) is 5.91 Å². The number of aromatic nitrogens is 2. The minimum Gasteiger partial charge on any atom is -0.365 e. The molecule has 0 bridgehead atoms. The molecular weight excluding hydrogens is 451 g/mol. The summed E-state index contributed by atoms with van der Waals surface area (Å²) in [5, 5.41) is 10.2. The van der Waals surface area contributed by atoms with Crippen LogP contribution in [0.4, 0.5) is 9.18 Å². The number of urea groups is 1. The molecule has 176 valence electrons. The van der Waals surface area contributed by atoms with Crippen LogP contribution in [0, 0.1) is 5.82 Å². The van der Waals surface area contributed by atoms with Gasteiger partial charge in [-0.1, -0.05) is 11.6 Å². The smallest absolute Gasteiger partial charge is 0.318 e. The topological polar surface area (TPSA) is 122 Å². The molecule has 11 heteroatoms. The Hall–Kier alpha value is -3.14. The summed E-state index contributed by atoms with van der Waals surface area (Å²) < 4.78 is 15.2. The first kappa shape index (κ1) is 23.0. The maximum atomic E-state index is 13.7. The minimum absolute atomic E-state index is 0.0231. The first-order chi connectivity index (χ1) is 15.4. The van der Waals surface area contributed by atoms with Gasteiger partial charge in [0.1, 0.15) is 17.6 Å². The van der Waals surface area contributed by atoms with Gasteiger partial charge in [-0.05, 0) is 51.8 Å². The third-order valence-corrected chi connectivity index (χ3v) is 5.76. The maximum Gasteiger partial charge on any atom is 0.318 e. The SMILES string of the molecule is CC(C)(C)NC(=O)N1Cc2c(C(N)=O)c(-c3ccc(F)c(Cl)c3)nn2C(C(=O)NC2CC2)C1. The van der Waals surface area contributed by atoms with Crippen molar-refractivity contribution < 1.29 is 18.8 Å². The number of benzene rings is 1. The number of primary amides is 1. The fourth-order valence-electron chi connectivity index (χ4n) is 3.79. The number of carbonyl (C=O) groups is 3. The van der Waals surface area contributed by atoms with Crippen molar-refractivity contribution in [2.75, 3.05) is 6.54 Å². The summed E-state index contributed by atoms with van der Waals surface area (Å²) in [6.07, 6.45) is 1.79. The molecule has 0 saturated heterocycles. The van der Waals surface area contributed by atoms with E-state index < -0.39 is 23.3 Å². The van der Waals surface area contributed by atoms with Crippen molar-refractivity contribution in [1.29, 1.82) is 0 Å². The lowest BCUT2D eigenvalue weighted by Gasteiger charge is -2.35.